The van der Waals surface area contributed by atoms with Gasteiger partial charge in [0.05, 0.1) is 0 Å². The summed E-state index contributed by atoms with van der Waals surface area (Å²) >= 11 is 0. The van der Waals surface area contributed by atoms with Gasteiger partial charge in [-0.05, 0) is 17.9 Å². The number of fused-ring (bicyclic) bond motifs is 1. The Kier molecular flexibility index (Phi) is 5.68. The van der Waals surface area contributed by atoms with Crippen LogP contribution in [0.15, 0.2) is 36.4 Å². The van der Waals surface area contributed by atoms with Gasteiger partial charge in [0.1, 0.15) is 13.2 Å². The van der Waals surface area contributed by atoms with Crippen LogP contribution < -0.4 is 9.47 Å². The molecule has 3 heteroatoms. The molecule has 1 heterocycles. The molecular formula is C19H21O2Y-. The zero-order chi connectivity index (χ0) is 14.9. The molecular weight excluding hydrogens is 349 g/mol. The van der Waals surface area contributed by atoms with Gasteiger partial charge in [-0.2, -0.15) is 0 Å². The smallest absolute Gasteiger partial charge is 0.159 e. The molecule has 1 radical (unpaired) electrons. The van der Waals surface area contributed by atoms with Gasteiger partial charge >= 0.3 is 0 Å². The number of ether oxygens (including phenoxy) is 2. The van der Waals surface area contributed by atoms with E-state index in [9.17, 15) is 0 Å². The van der Waals surface area contributed by atoms with Gasteiger partial charge in [0.15, 0.2) is 11.5 Å². The summed E-state index contributed by atoms with van der Waals surface area (Å²) in [6, 6.07) is 16.0. The van der Waals surface area contributed by atoms with Crippen molar-refractivity contribution in [3.8, 4) is 22.6 Å². The molecule has 0 aromatic heterocycles. The molecule has 0 saturated heterocycles. The van der Waals surface area contributed by atoms with Crippen LogP contribution in [0.5, 0.6) is 11.5 Å². The fourth-order valence-corrected chi connectivity index (χ4v) is 2.57. The Morgan fingerprint density at radius 2 is 1.73 bits per heavy atom. The molecule has 2 aromatic carbocycles. The normalized spacial score (nSPS) is 13.4. The van der Waals surface area contributed by atoms with E-state index in [1.54, 1.807) is 0 Å². The van der Waals surface area contributed by atoms with E-state index in [0.717, 1.165) is 29.0 Å². The fraction of sp³-hybridized carbons (Fsp3) is 0.368. The topological polar surface area (TPSA) is 18.5 Å². The number of rotatable bonds is 2. The second-order valence-corrected chi connectivity index (χ2v) is 6.69. The molecule has 0 spiro atoms. The summed E-state index contributed by atoms with van der Waals surface area (Å²) in [4.78, 5) is 0. The standard InChI is InChI=1S/C19H21O2.Y/c1-19(2,3)13-14-5-4-6-15(11-14)16-7-8-17-18(12-16)21-10-9-20-17;/h4-8,12H,9-10,13H2,1-3H3;/q-1;. The van der Waals surface area contributed by atoms with E-state index in [1.807, 2.05) is 12.1 Å². The van der Waals surface area contributed by atoms with Crippen LogP contribution in [0.25, 0.3) is 11.1 Å². The number of hydrogen-bond donors (Lipinski definition) is 0. The first-order valence-electron chi connectivity index (χ1n) is 7.42. The Morgan fingerprint density at radius 1 is 1.00 bits per heavy atom. The fourth-order valence-electron chi connectivity index (χ4n) is 2.57. The van der Waals surface area contributed by atoms with Gasteiger partial charge in [0, 0.05) is 32.7 Å². The maximum atomic E-state index is 5.66. The third kappa shape index (κ3) is 4.33. The van der Waals surface area contributed by atoms with Gasteiger partial charge in [-0.1, -0.05) is 38.5 Å². The average molecular weight is 370 g/mol. The van der Waals surface area contributed by atoms with Gasteiger partial charge in [-0.25, -0.2) is 0 Å². The predicted molar refractivity (Wildman–Crippen MR) is 84.9 cm³/mol. The Hall–Kier alpha value is -0.856. The predicted octanol–water partition coefficient (Wildman–Crippen LogP) is 4.51. The van der Waals surface area contributed by atoms with Crippen molar-refractivity contribution in [1.82, 2.24) is 0 Å². The molecule has 113 valence electrons. The van der Waals surface area contributed by atoms with Crippen molar-refractivity contribution < 1.29 is 42.2 Å². The largest absolute Gasteiger partial charge is 0.487 e. The molecule has 0 atom stereocenters. The van der Waals surface area contributed by atoms with Crippen molar-refractivity contribution >= 4 is 0 Å². The van der Waals surface area contributed by atoms with E-state index >= 15 is 0 Å². The van der Waals surface area contributed by atoms with Crippen LogP contribution in [0.2, 0.25) is 0 Å². The van der Waals surface area contributed by atoms with Crippen molar-refractivity contribution in [2.24, 2.45) is 5.41 Å². The summed E-state index contributed by atoms with van der Waals surface area (Å²) < 4.78 is 11.2. The van der Waals surface area contributed by atoms with E-state index in [-0.39, 0.29) is 38.1 Å². The van der Waals surface area contributed by atoms with Crippen LogP contribution in [0, 0.1) is 11.5 Å². The van der Waals surface area contributed by atoms with Crippen molar-refractivity contribution in [1.29, 1.82) is 0 Å². The molecule has 0 bridgehead atoms. The van der Waals surface area contributed by atoms with Crippen LogP contribution in [0.3, 0.4) is 0 Å². The SMILES string of the molecule is CC(C)(C)Cc1[c-]c(-c2ccc3c(c2)OCCO3)ccc1.[Y]. The Labute approximate surface area is 158 Å². The van der Waals surface area contributed by atoms with Crippen LogP contribution >= 0.6 is 0 Å². The van der Waals surface area contributed by atoms with E-state index < -0.39 is 0 Å². The third-order valence-corrected chi connectivity index (χ3v) is 3.43. The van der Waals surface area contributed by atoms with E-state index in [4.69, 9.17) is 9.47 Å². The minimum atomic E-state index is 0. The third-order valence-electron chi connectivity index (χ3n) is 3.43. The maximum Gasteiger partial charge on any atom is 0.159 e. The van der Waals surface area contributed by atoms with Gasteiger partial charge in [0.2, 0.25) is 0 Å². The molecule has 2 aromatic rings. The summed E-state index contributed by atoms with van der Waals surface area (Å²) in [6.45, 7) is 7.98. The molecule has 0 aliphatic carbocycles. The summed E-state index contributed by atoms with van der Waals surface area (Å²) in [6.07, 6.45) is 1.02. The van der Waals surface area contributed by atoms with Gasteiger partial charge in [-0.15, -0.1) is 35.4 Å². The van der Waals surface area contributed by atoms with E-state index in [1.165, 1.54) is 5.56 Å². The Balaban J connectivity index is 0.00000176. The number of benzene rings is 2. The Morgan fingerprint density at radius 3 is 2.45 bits per heavy atom. The minimum Gasteiger partial charge on any atom is -0.487 e. The zero-order valence-electron chi connectivity index (χ0n) is 13.5. The molecule has 0 saturated carbocycles. The van der Waals surface area contributed by atoms with Crippen LogP contribution in [0.1, 0.15) is 26.3 Å². The van der Waals surface area contributed by atoms with Crippen LogP contribution in [0.4, 0.5) is 0 Å². The molecule has 22 heavy (non-hydrogen) atoms. The van der Waals surface area contributed by atoms with Gasteiger partial charge in [-0.3, -0.25) is 0 Å². The molecule has 1 aliphatic heterocycles. The van der Waals surface area contributed by atoms with Crippen molar-refractivity contribution in [2.45, 2.75) is 27.2 Å². The second kappa shape index (κ2) is 7.15. The summed E-state index contributed by atoms with van der Waals surface area (Å²) in [5.74, 6) is 1.66. The molecule has 0 unspecified atom stereocenters. The molecule has 0 fully saturated rings. The van der Waals surface area contributed by atoms with Crippen molar-refractivity contribution in [3.05, 3.63) is 48.0 Å². The van der Waals surface area contributed by atoms with Crippen molar-refractivity contribution in [2.75, 3.05) is 13.2 Å². The molecule has 2 nitrogen and oxygen atoms in total. The molecule has 3 rings (SSSR count). The van der Waals surface area contributed by atoms with Crippen LogP contribution in [-0.2, 0) is 39.1 Å². The first-order chi connectivity index (χ1) is 10.0. The first kappa shape index (κ1) is 17.5. The first-order valence-corrected chi connectivity index (χ1v) is 7.42. The molecule has 0 N–H and O–H groups in total. The van der Waals surface area contributed by atoms with E-state index in [0.29, 0.717) is 13.2 Å². The summed E-state index contributed by atoms with van der Waals surface area (Å²) in [7, 11) is 0. The minimum absolute atomic E-state index is 0. The van der Waals surface area contributed by atoms with Gasteiger partial charge < -0.3 is 9.47 Å². The zero-order valence-corrected chi connectivity index (χ0v) is 16.3. The van der Waals surface area contributed by atoms with Crippen LogP contribution in [-0.4, -0.2) is 13.2 Å². The maximum absolute atomic E-state index is 5.66. The van der Waals surface area contributed by atoms with Crippen molar-refractivity contribution in [3.63, 3.8) is 0 Å². The van der Waals surface area contributed by atoms with Gasteiger partial charge in [0.25, 0.3) is 0 Å². The van der Waals surface area contributed by atoms with E-state index in [2.05, 4.69) is 51.1 Å². The summed E-state index contributed by atoms with van der Waals surface area (Å²) in [5, 5.41) is 0. The number of hydrogen-bond acceptors (Lipinski definition) is 2. The quantitative estimate of drug-likeness (QED) is 0.725. The average Bonchev–Trinajstić information content (AvgIpc) is 2.45. The molecule has 1 aliphatic rings. The second-order valence-electron chi connectivity index (χ2n) is 6.69. The monoisotopic (exact) mass is 370 g/mol. The molecule has 0 amide bonds. The Bertz CT molecular complexity index is 644. The summed E-state index contributed by atoms with van der Waals surface area (Å²) in [5.41, 5.74) is 3.74.